The maximum atomic E-state index is 12.9. The molecule has 0 atom stereocenters. The summed E-state index contributed by atoms with van der Waals surface area (Å²) in [6.45, 7) is 0. The van der Waals surface area contributed by atoms with Gasteiger partial charge in [0.25, 0.3) is 0 Å². The second-order valence-electron chi connectivity index (χ2n) is 6.65. The van der Waals surface area contributed by atoms with Crippen LogP contribution in [0, 0.1) is 0 Å². The first-order valence-corrected chi connectivity index (χ1v) is 9.35. The summed E-state index contributed by atoms with van der Waals surface area (Å²) in [7, 11) is 1.63. The van der Waals surface area contributed by atoms with E-state index < -0.39 is 0 Å². The highest BCUT2D eigenvalue weighted by Gasteiger charge is 2.15. The minimum absolute atomic E-state index is 0.141. The van der Waals surface area contributed by atoms with Gasteiger partial charge in [0.2, 0.25) is 0 Å². The highest BCUT2D eigenvalue weighted by molar-refractivity contribution is 6.13. The minimum atomic E-state index is -0.141. The van der Waals surface area contributed by atoms with Gasteiger partial charge >= 0.3 is 0 Å². The molecule has 0 radical (unpaired) electrons. The minimum Gasteiger partial charge on any atom is -0.497 e. The molecule has 0 aliphatic heterocycles. The number of pyridine rings is 2. The summed E-state index contributed by atoms with van der Waals surface area (Å²) in [5.41, 5.74) is 11.1. The van der Waals surface area contributed by atoms with Crippen molar-refractivity contribution in [2.24, 2.45) is 0 Å². The van der Waals surface area contributed by atoms with Crippen molar-refractivity contribution in [1.82, 2.24) is 9.97 Å². The molecule has 30 heavy (non-hydrogen) atoms. The average molecular weight is 396 g/mol. The lowest BCUT2D eigenvalue weighted by Crippen LogP contribution is -2.06. The first kappa shape index (κ1) is 19.1. The number of ether oxygens (including phenoxy) is 1. The topological polar surface area (TPSA) is 90.1 Å². The van der Waals surface area contributed by atoms with Gasteiger partial charge in [-0.15, -0.1) is 0 Å². The summed E-state index contributed by atoms with van der Waals surface area (Å²) < 4.78 is 5.19. The third kappa shape index (κ3) is 3.98. The molecule has 0 bridgehead atoms. The van der Waals surface area contributed by atoms with Crippen LogP contribution in [-0.2, 0) is 0 Å². The Labute approximate surface area is 174 Å². The standard InChI is InChI=1S/C24H20N4O2/c1-30-20-7-5-18(6-8-20)28-19-13-17(14-27-15-19)21-3-2-4-22(23(21)25)24(29)16-9-11-26-12-10-16/h2-15,28H,25H2,1H3. The average Bonchev–Trinajstić information content (AvgIpc) is 2.80. The van der Waals surface area contributed by atoms with Crippen LogP contribution in [0.5, 0.6) is 5.75 Å². The molecule has 0 amide bonds. The summed E-state index contributed by atoms with van der Waals surface area (Å²) in [4.78, 5) is 21.2. The summed E-state index contributed by atoms with van der Waals surface area (Å²) >= 11 is 0. The second-order valence-corrected chi connectivity index (χ2v) is 6.65. The molecule has 0 aliphatic carbocycles. The highest BCUT2D eigenvalue weighted by atomic mass is 16.5. The molecule has 2 aromatic heterocycles. The largest absolute Gasteiger partial charge is 0.497 e. The summed E-state index contributed by atoms with van der Waals surface area (Å²) in [6, 6.07) is 18.3. The molecule has 148 valence electrons. The van der Waals surface area contributed by atoms with E-state index in [-0.39, 0.29) is 5.78 Å². The number of anilines is 3. The van der Waals surface area contributed by atoms with E-state index >= 15 is 0 Å². The molecule has 4 aromatic rings. The van der Waals surface area contributed by atoms with Crippen molar-refractivity contribution in [2.45, 2.75) is 0 Å². The Kier molecular flexibility index (Phi) is 5.39. The maximum Gasteiger partial charge on any atom is 0.195 e. The maximum absolute atomic E-state index is 12.9. The van der Waals surface area contributed by atoms with Gasteiger partial charge in [-0.1, -0.05) is 12.1 Å². The van der Waals surface area contributed by atoms with E-state index in [2.05, 4.69) is 15.3 Å². The number of benzene rings is 2. The smallest absolute Gasteiger partial charge is 0.195 e. The number of ketones is 1. The van der Waals surface area contributed by atoms with Crippen LogP contribution < -0.4 is 15.8 Å². The van der Waals surface area contributed by atoms with Crippen LogP contribution in [0.15, 0.2) is 85.5 Å². The van der Waals surface area contributed by atoms with Gasteiger partial charge in [-0.05, 0) is 48.5 Å². The molecule has 0 saturated carbocycles. The molecule has 0 spiro atoms. The molecule has 0 fully saturated rings. The molecule has 2 heterocycles. The molecular formula is C24H20N4O2. The summed E-state index contributed by atoms with van der Waals surface area (Å²) in [5.74, 6) is 0.646. The number of carbonyl (C=O) groups excluding carboxylic acids is 1. The lowest BCUT2D eigenvalue weighted by molar-refractivity contribution is 0.103. The van der Waals surface area contributed by atoms with Gasteiger partial charge in [0.05, 0.1) is 24.7 Å². The third-order valence-electron chi connectivity index (χ3n) is 4.72. The number of nitrogens with zero attached hydrogens (tertiary/aromatic N) is 2. The number of carbonyl (C=O) groups is 1. The third-order valence-corrected chi connectivity index (χ3v) is 4.72. The Morgan fingerprint density at radius 3 is 2.43 bits per heavy atom. The van der Waals surface area contributed by atoms with Crippen molar-refractivity contribution in [3.63, 3.8) is 0 Å². The molecule has 3 N–H and O–H groups in total. The number of nitrogens with one attached hydrogen (secondary N) is 1. The molecule has 6 nitrogen and oxygen atoms in total. The summed E-state index contributed by atoms with van der Waals surface area (Å²) in [5, 5.41) is 3.32. The van der Waals surface area contributed by atoms with E-state index in [4.69, 9.17) is 10.5 Å². The lowest BCUT2D eigenvalue weighted by Gasteiger charge is -2.12. The SMILES string of the molecule is COc1ccc(Nc2cncc(-c3cccc(C(=O)c4ccncc4)c3N)c2)cc1. The van der Waals surface area contributed by atoms with Gasteiger partial charge in [-0.3, -0.25) is 14.8 Å². The fourth-order valence-electron chi connectivity index (χ4n) is 3.17. The fraction of sp³-hybridized carbons (Fsp3) is 0.0417. The fourth-order valence-corrected chi connectivity index (χ4v) is 3.17. The van der Waals surface area contributed by atoms with Crippen LogP contribution >= 0.6 is 0 Å². The molecule has 0 aliphatic rings. The Morgan fingerprint density at radius 1 is 0.933 bits per heavy atom. The van der Waals surface area contributed by atoms with Gasteiger partial charge in [0.1, 0.15) is 5.75 Å². The Morgan fingerprint density at radius 2 is 1.70 bits per heavy atom. The zero-order valence-electron chi connectivity index (χ0n) is 16.4. The monoisotopic (exact) mass is 396 g/mol. The Bertz CT molecular complexity index is 1180. The second kappa shape index (κ2) is 8.45. The van der Waals surface area contributed by atoms with Crippen LogP contribution in [0.2, 0.25) is 0 Å². The molecule has 2 aromatic carbocycles. The molecular weight excluding hydrogens is 376 g/mol. The van der Waals surface area contributed by atoms with Crippen molar-refractivity contribution in [3.8, 4) is 16.9 Å². The highest BCUT2D eigenvalue weighted by Crippen LogP contribution is 2.31. The molecule has 4 rings (SSSR count). The molecule has 0 saturated heterocycles. The van der Waals surface area contributed by atoms with Crippen LogP contribution in [0.1, 0.15) is 15.9 Å². The van der Waals surface area contributed by atoms with Crippen LogP contribution in [0.3, 0.4) is 0 Å². The van der Waals surface area contributed by atoms with Crippen molar-refractivity contribution >= 4 is 22.8 Å². The quantitative estimate of drug-likeness (QED) is 0.362. The first-order valence-electron chi connectivity index (χ1n) is 9.35. The van der Waals surface area contributed by atoms with E-state index in [1.807, 2.05) is 42.5 Å². The van der Waals surface area contributed by atoms with E-state index in [9.17, 15) is 4.79 Å². The number of hydrogen-bond donors (Lipinski definition) is 2. The van der Waals surface area contributed by atoms with E-state index in [1.54, 1.807) is 50.1 Å². The molecule has 6 heteroatoms. The number of aromatic nitrogens is 2. The van der Waals surface area contributed by atoms with Crippen molar-refractivity contribution in [1.29, 1.82) is 0 Å². The van der Waals surface area contributed by atoms with Crippen molar-refractivity contribution in [2.75, 3.05) is 18.2 Å². The van der Waals surface area contributed by atoms with E-state index in [0.29, 0.717) is 16.8 Å². The zero-order chi connectivity index (χ0) is 20.9. The van der Waals surface area contributed by atoms with Gasteiger partial charge in [0.15, 0.2) is 5.78 Å². The van der Waals surface area contributed by atoms with E-state index in [1.165, 1.54) is 0 Å². The number of rotatable bonds is 6. The van der Waals surface area contributed by atoms with Crippen LogP contribution in [0.4, 0.5) is 17.1 Å². The molecule has 0 unspecified atom stereocenters. The predicted molar refractivity (Wildman–Crippen MR) is 118 cm³/mol. The van der Waals surface area contributed by atoms with Crippen LogP contribution in [0.25, 0.3) is 11.1 Å². The number of methoxy groups -OCH3 is 1. The first-order chi connectivity index (χ1) is 14.7. The normalized spacial score (nSPS) is 10.4. The number of nitrogens with two attached hydrogens (primary N) is 1. The zero-order valence-corrected chi connectivity index (χ0v) is 16.4. The van der Waals surface area contributed by atoms with Gasteiger partial charge in [-0.25, -0.2) is 0 Å². The number of para-hydroxylation sites is 1. The predicted octanol–water partition coefficient (Wildman–Crippen LogP) is 4.71. The van der Waals surface area contributed by atoms with Crippen molar-refractivity contribution in [3.05, 3.63) is 96.6 Å². The Balaban J connectivity index is 1.64. The van der Waals surface area contributed by atoms with Gasteiger partial charge in [-0.2, -0.15) is 0 Å². The van der Waals surface area contributed by atoms with Crippen LogP contribution in [-0.4, -0.2) is 22.9 Å². The number of nitrogen functional groups attached to an aromatic ring is 1. The summed E-state index contributed by atoms with van der Waals surface area (Å²) in [6.07, 6.45) is 6.64. The number of hydrogen-bond acceptors (Lipinski definition) is 6. The lowest BCUT2D eigenvalue weighted by atomic mass is 9.96. The van der Waals surface area contributed by atoms with E-state index in [0.717, 1.165) is 28.3 Å². The Hall–Kier alpha value is -4.19. The van der Waals surface area contributed by atoms with Gasteiger partial charge < -0.3 is 15.8 Å². The van der Waals surface area contributed by atoms with Gasteiger partial charge in [0, 0.05) is 46.5 Å². The van der Waals surface area contributed by atoms with Crippen molar-refractivity contribution < 1.29 is 9.53 Å².